The minimum Gasteiger partial charge on any atom is -0.497 e. The molecule has 2 aromatic rings. The molecule has 1 aromatic carbocycles. The van der Waals surface area contributed by atoms with Gasteiger partial charge in [0.2, 0.25) is 0 Å². The van der Waals surface area contributed by atoms with Gasteiger partial charge < -0.3 is 19.7 Å². The van der Waals surface area contributed by atoms with Crippen LogP contribution >= 0.6 is 0 Å². The Morgan fingerprint density at radius 1 is 1.43 bits per heavy atom. The van der Waals surface area contributed by atoms with Crippen LogP contribution in [0.4, 0.5) is 0 Å². The lowest BCUT2D eigenvalue weighted by Gasteiger charge is -2.31. The summed E-state index contributed by atoms with van der Waals surface area (Å²) in [5.41, 5.74) is 1.00. The summed E-state index contributed by atoms with van der Waals surface area (Å²) in [7, 11) is 1.64. The molecular weight excluding hydrogens is 296 g/mol. The van der Waals surface area contributed by atoms with E-state index in [0.29, 0.717) is 19.6 Å². The fourth-order valence-corrected chi connectivity index (χ4v) is 2.75. The summed E-state index contributed by atoms with van der Waals surface area (Å²) in [6.45, 7) is 2.56. The van der Waals surface area contributed by atoms with E-state index in [1.807, 2.05) is 35.0 Å². The van der Waals surface area contributed by atoms with Gasteiger partial charge in [0.1, 0.15) is 17.6 Å². The summed E-state index contributed by atoms with van der Waals surface area (Å²) >= 11 is 0. The summed E-state index contributed by atoms with van der Waals surface area (Å²) in [6, 6.07) is 7.24. The molecule has 2 N–H and O–H groups in total. The zero-order chi connectivity index (χ0) is 16.2. The summed E-state index contributed by atoms with van der Waals surface area (Å²) in [5, 5.41) is 12.1. The zero-order valence-electron chi connectivity index (χ0n) is 13.0. The van der Waals surface area contributed by atoms with Gasteiger partial charge in [0, 0.05) is 37.7 Å². The first-order valence-corrected chi connectivity index (χ1v) is 7.52. The second-order valence-electron chi connectivity index (χ2n) is 5.49. The summed E-state index contributed by atoms with van der Waals surface area (Å²) in [5.74, 6) is 0.885. The van der Waals surface area contributed by atoms with Crippen LogP contribution in [0, 0.1) is 0 Å². The lowest BCUT2D eigenvalue weighted by molar-refractivity contribution is -0.140. The number of aromatic nitrogens is 2. The Morgan fingerprint density at radius 3 is 2.91 bits per heavy atom. The third-order valence-electron chi connectivity index (χ3n) is 3.99. The second-order valence-corrected chi connectivity index (χ2v) is 5.49. The molecule has 1 unspecified atom stereocenters. The van der Waals surface area contributed by atoms with Crippen LogP contribution in [0.1, 0.15) is 5.82 Å². The third kappa shape index (κ3) is 3.52. The summed E-state index contributed by atoms with van der Waals surface area (Å²) in [6.07, 6.45) is 3.67. The molecule has 23 heavy (non-hydrogen) atoms. The van der Waals surface area contributed by atoms with Crippen molar-refractivity contribution in [2.75, 3.05) is 26.7 Å². The average Bonchev–Trinajstić information content (AvgIpc) is 3.03. The molecule has 1 fully saturated rings. The van der Waals surface area contributed by atoms with Crippen LogP contribution < -0.4 is 10.1 Å². The molecule has 0 radical (unpaired) electrons. The molecule has 3 rings (SSSR count). The quantitative estimate of drug-likeness (QED) is 0.847. The number of aliphatic carboxylic acids is 1. The fourth-order valence-electron chi connectivity index (χ4n) is 2.75. The van der Waals surface area contributed by atoms with Crippen LogP contribution in [-0.4, -0.2) is 58.3 Å². The van der Waals surface area contributed by atoms with Gasteiger partial charge in [-0.3, -0.25) is 9.69 Å². The monoisotopic (exact) mass is 316 g/mol. The fraction of sp³-hybridized carbons (Fsp3) is 0.375. The Labute approximate surface area is 134 Å². The lowest BCUT2D eigenvalue weighted by Crippen LogP contribution is -2.53. The number of hydrogen-bond donors (Lipinski definition) is 2. The minimum absolute atomic E-state index is 0.477. The van der Waals surface area contributed by atoms with E-state index in [-0.39, 0.29) is 0 Å². The maximum absolute atomic E-state index is 11.1. The van der Waals surface area contributed by atoms with E-state index in [1.54, 1.807) is 13.3 Å². The molecule has 7 nitrogen and oxygen atoms in total. The topological polar surface area (TPSA) is 79.6 Å². The molecule has 1 aromatic heterocycles. The number of nitrogens with zero attached hydrogens (tertiary/aromatic N) is 3. The van der Waals surface area contributed by atoms with Crippen molar-refractivity contribution in [3.63, 3.8) is 0 Å². The number of carboxylic acid groups (broad SMARTS) is 1. The van der Waals surface area contributed by atoms with Gasteiger partial charge in [-0.05, 0) is 24.3 Å². The molecule has 1 atom stereocenters. The molecule has 0 aliphatic carbocycles. The first-order chi connectivity index (χ1) is 11.2. The maximum Gasteiger partial charge on any atom is 0.322 e. The molecule has 7 heteroatoms. The molecule has 0 saturated carbocycles. The van der Waals surface area contributed by atoms with Crippen molar-refractivity contribution in [3.8, 4) is 11.4 Å². The van der Waals surface area contributed by atoms with Gasteiger partial charge in [-0.2, -0.15) is 0 Å². The summed E-state index contributed by atoms with van der Waals surface area (Å²) in [4.78, 5) is 17.7. The smallest absolute Gasteiger partial charge is 0.322 e. The van der Waals surface area contributed by atoms with Crippen LogP contribution in [0.5, 0.6) is 5.75 Å². The minimum atomic E-state index is -0.812. The standard InChI is InChI=1S/C16H20N4O3/c1-23-13-4-2-12(3-5-13)20-9-7-18-15(20)11-19-8-6-17-14(10-19)16(21)22/h2-5,7,9,14,17H,6,8,10-11H2,1H3,(H,21,22). The highest BCUT2D eigenvalue weighted by Gasteiger charge is 2.25. The van der Waals surface area contributed by atoms with Crippen LogP contribution in [0.25, 0.3) is 5.69 Å². The van der Waals surface area contributed by atoms with E-state index in [0.717, 1.165) is 23.8 Å². The Balaban J connectivity index is 1.74. The van der Waals surface area contributed by atoms with Gasteiger partial charge in [-0.25, -0.2) is 4.98 Å². The van der Waals surface area contributed by atoms with E-state index in [1.165, 1.54) is 0 Å². The van der Waals surface area contributed by atoms with Crippen LogP contribution in [0.2, 0.25) is 0 Å². The average molecular weight is 316 g/mol. The van der Waals surface area contributed by atoms with Gasteiger partial charge in [0.05, 0.1) is 13.7 Å². The first-order valence-electron chi connectivity index (χ1n) is 7.52. The van der Waals surface area contributed by atoms with E-state index in [2.05, 4.69) is 15.2 Å². The van der Waals surface area contributed by atoms with E-state index in [4.69, 9.17) is 9.84 Å². The molecule has 122 valence electrons. The number of carboxylic acids is 1. The van der Waals surface area contributed by atoms with Crippen LogP contribution in [0.15, 0.2) is 36.7 Å². The molecule has 1 aliphatic rings. The molecule has 1 aliphatic heterocycles. The molecule has 0 spiro atoms. The first kappa shape index (κ1) is 15.5. The second kappa shape index (κ2) is 6.80. The van der Waals surface area contributed by atoms with Crippen molar-refractivity contribution < 1.29 is 14.6 Å². The van der Waals surface area contributed by atoms with Crippen molar-refractivity contribution in [1.82, 2.24) is 19.8 Å². The lowest BCUT2D eigenvalue weighted by atomic mass is 10.2. The number of methoxy groups -OCH3 is 1. The number of piperazine rings is 1. The zero-order valence-corrected chi connectivity index (χ0v) is 13.0. The van der Waals surface area contributed by atoms with Gasteiger partial charge in [0.15, 0.2) is 0 Å². The molecule has 2 heterocycles. The molecule has 0 bridgehead atoms. The number of benzene rings is 1. The van der Waals surface area contributed by atoms with E-state index in [9.17, 15) is 4.79 Å². The van der Waals surface area contributed by atoms with E-state index < -0.39 is 12.0 Å². The Kier molecular flexibility index (Phi) is 4.59. The van der Waals surface area contributed by atoms with E-state index >= 15 is 0 Å². The molecule has 1 saturated heterocycles. The number of nitrogens with one attached hydrogen (secondary N) is 1. The number of imidazole rings is 1. The highest BCUT2D eigenvalue weighted by Crippen LogP contribution is 2.17. The SMILES string of the molecule is COc1ccc(-n2ccnc2CN2CCNC(C(=O)O)C2)cc1. The largest absolute Gasteiger partial charge is 0.497 e. The summed E-state index contributed by atoms with van der Waals surface area (Å²) < 4.78 is 7.19. The highest BCUT2D eigenvalue weighted by atomic mass is 16.5. The maximum atomic E-state index is 11.1. The van der Waals surface area contributed by atoms with Gasteiger partial charge >= 0.3 is 5.97 Å². The van der Waals surface area contributed by atoms with Gasteiger partial charge in [-0.1, -0.05) is 0 Å². The van der Waals surface area contributed by atoms with Crippen molar-refractivity contribution in [2.45, 2.75) is 12.6 Å². The van der Waals surface area contributed by atoms with Gasteiger partial charge in [0.25, 0.3) is 0 Å². The Hall–Kier alpha value is -2.38. The van der Waals surface area contributed by atoms with Crippen LogP contribution in [0.3, 0.4) is 0 Å². The van der Waals surface area contributed by atoms with Crippen molar-refractivity contribution >= 4 is 5.97 Å². The Bertz CT molecular complexity index is 668. The number of rotatable bonds is 5. The van der Waals surface area contributed by atoms with Gasteiger partial charge in [-0.15, -0.1) is 0 Å². The van der Waals surface area contributed by atoms with Crippen molar-refractivity contribution in [3.05, 3.63) is 42.5 Å². The molecule has 0 amide bonds. The number of hydrogen-bond acceptors (Lipinski definition) is 5. The number of ether oxygens (including phenoxy) is 1. The van der Waals surface area contributed by atoms with Crippen LogP contribution in [-0.2, 0) is 11.3 Å². The Morgan fingerprint density at radius 2 is 2.22 bits per heavy atom. The van der Waals surface area contributed by atoms with Crippen molar-refractivity contribution in [2.24, 2.45) is 0 Å². The number of carbonyl (C=O) groups is 1. The third-order valence-corrected chi connectivity index (χ3v) is 3.99. The predicted molar refractivity (Wildman–Crippen MR) is 84.8 cm³/mol. The normalized spacial score (nSPS) is 18.7. The van der Waals surface area contributed by atoms with Crippen molar-refractivity contribution in [1.29, 1.82) is 0 Å². The predicted octanol–water partition coefficient (Wildman–Crippen LogP) is 0.739. The highest BCUT2D eigenvalue weighted by molar-refractivity contribution is 5.73. The molecular formula is C16H20N4O3.